The van der Waals surface area contributed by atoms with Crippen molar-refractivity contribution >= 4 is 34.0 Å². The summed E-state index contributed by atoms with van der Waals surface area (Å²) in [6.45, 7) is 5.07. The van der Waals surface area contributed by atoms with Crippen LogP contribution in [-0.4, -0.2) is 30.6 Å². The number of nitrogens with one attached hydrogen (secondary N) is 1. The molecule has 1 atom stereocenters. The van der Waals surface area contributed by atoms with Gasteiger partial charge in [-0.05, 0) is 54.6 Å². The highest BCUT2D eigenvalue weighted by Gasteiger charge is 2.22. The van der Waals surface area contributed by atoms with Crippen LogP contribution in [0, 0.1) is 13.7 Å². The minimum absolute atomic E-state index is 0.181. The highest BCUT2D eigenvalue weighted by Crippen LogP contribution is 2.28. The van der Waals surface area contributed by atoms with Crippen LogP contribution in [0.3, 0.4) is 0 Å². The van der Waals surface area contributed by atoms with E-state index in [0.29, 0.717) is 9.61 Å². The topological polar surface area (TPSA) is 58.4 Å². The van der Waals surface area contributed by atoms with Gasteiger partial charge in [-0.15, -0.1) is 0 Å². The van der Waals surface area contributed by atoms with Gasteiger partial charge in [0, 0.05) is 30.9 Å². The lowest BCUT2D eigenvalue weighted by Gasteiger charge is -2.29. The third kappa shape index (κ3) is 2.74. The summed E-state index contributed by atoms with van der Waals surface area (Å²) >= 11 is 2.03. The van der Waals surface area contributed by atoms with Crippen molar-refractivity contribution in [2.45, 2.75) is 19.4 Å². The first-order chi connectivity index (χ1) is 8.63. The first-order valence-electron chi connectivity index (χ1n) is 6.04. The zero-order valence-corrected chi connectivity index (χ0v) is 12.4. The predicted molar refractivity (Wildman–Crippen MR) is 80.1 cm³/mol. The van der Waals surface area contributed by atoms with Crippen LogP contribution in [0.1, 0.15) is 13.3 Å². The zero-order valence-electron chi connectivity index (χ0n) is 10.2. The van der Waals surface area contributed by atoms with E-state index in [1.165, 1.54) is 0 Å². The molecule has 1 unspecified atom stereocenters. The van der Waals surface area contributed by atoms with Crippen molar-refractivity contribution in [2.24, 2.45) is 0 Å². The van der Waals surface area contributed by atoms with Crippen molar-refractivity contribution in [3.8, 4) is 0 Å². The molecule has 0 saturated carbocycles. The summed E-state index contributed by atoms with van der Waals surface area (Å²) in [5.74, 6) is 0. The van der Waals surface area contributed by atoms with E-state index in [9.17, 15) is 10.1 Å². The van der Waals surface area contributed by atoms with Crippen LogP contribution in [0.4, 0.5) is 11.4 Å². The van der Waals surface area contributed by atoms with Crippen molar-refractivity contribution < 1.29 is 4.92 Å². The van der Waals surface area contributed by atoms with E-state index in [2.05, 4.69) is 17.1 Å². The highest BCUT2D eigenvalue weighted by molar-refractivity contribution is 14.1. The molecule has 0 radical (unpaired) electrons. The second-order valence-corrected chi connectivity index (χ2v) is 5.49. The standard InChI is InChI=1S/C12H16IN3O2/c1-2-15(10-5-6-14-8-10)9-3-4-12(16(17)18)11(13)7-9/h3-4,7,10,14H,2,5-6,8H2,1H3. The Bertz CT molecular complexity index is 447. The Labute approximate surface area is 120 Å². The Morgan fingerprint density at radius 3 is 2.89 bits per heavy atom. The van der Waals surface area contributed by atoms with Crippen molar-refractivity contribution in [3.63, 3.8) is 0 Å². The number of nitro benzene ring substituents is 1. The molecule has 0 aromatic heterocycles. The number of anilines is 1. The van der Waals surface area contributed by atoms with E-state index in [4.69, 9.17) is 0 Å². The molecule has 1 fully saturated rings. The van der Waals surface area contributed by atoms with Crippen molar-refractivity contribution in [1.82, 2.24) is 5.32 Å². The Balaban J connectivity index is 2.26. The molecular weight excluding hydrogens is 345 g/mol. The van der Waals surface area contributed by atoms with Crippen molar-refractivity contribution in [3.05, 3.63) is 31.9 Å². The van der Waals surface area contributed by atoms with Gasteiger partial charge in [0.25, 0.3) is 5.69 Å². The summed E-state index contributed by atoms with van der Waals surface area (Å²) in [4.78, 5) is 12.8. The van der Waals surface area contributed by atoms with Gasteiger partial charge in [0.2, 0.25) is 0 Å². The van der Waals surface area contributed by atoms with Crippen LogP contribution in [0.25, 0.3) is 0 Å². The van der Waals surface area contributed by atoms with E-state index in [-0.39, 0.29) is 10.6 Å². The molecule has 6 heteroatoms. The second-order valence-electron chi connectivity index (χ2n) is 4.33. The second kappa shape index (κ2) is 5.83. The molecule has 1 heterocycles. The summed E-state index contributed by atoms with van der Waals surface area (Å²) in [6.07, 6.45) is 1.13. The van der Waals surface area contributed by atoms with Gasteiger partial charge in [-0.3, -0.25) is 10.1 Å². The van der Waals surface area contributed by atoms with E-state index in [0.717, 1.165) is 31.7 Å². The van der Waals surface area contributed by atoms with Gasteiger partial charge in [-0.1, -0.05) is 0 Å². The fraction of sp³-hybridized carbons (Fsp3) is 0.500. The van der Waals surface area contributed by atoms with E-state index < -0.39 is 0 Å². The lowest BCUT2D eigenvalue weighted by Crippen LogP contribution is -2.36. The Morgan fingerprint density at radius 2 is 2.39 bits per heavy atom. The Morgan fingerprint density at radius 1 is 1.61 bits per heavy atom. The number of nitrogens with zero attached hydrogens (tertiary/aromatic N) is 2. The molecule has 1 N–H and O–H groups in total. The fourth-order valence-electron chi connectivity index (χ4n) is 2.38. The van der Waals surface area contributed by atoms with Crippen LogP contribution in [-0.2, 0) is 0 Å². The number of likely N-dealkylation sites (N-methyl/N-ethyl adjacent to an activating group) is 1. The van der Waals surface area contributed by atoms with E-state index in [1.54, 1.807) is 6.07 Å². The van der Waals surface area contributed by atoms with Crippen molar-refractivity contribution in [1.29, 1.82) is 0 Å². The molecule has 1 aromatic carbocycles. The number of benzene rings is 1. The van der Waals surface area contributed by atoms with Crippen LogP contribution in [0.5, 0.6) is 0 Å². The maximum absolute atomic E-state index is 10.8. The van der Waals surface area contributed by atoms with Gasteiger partial charge in [0.15, 0.2) is 0 Å². The van der Waals surface area contributed by atoms with Crippen LogP contribution in [0.2, 0.25) is 0 Å². The predicted octanol–water partition coefficient (Wildman–Crippen LogP) is 2.39. The van der Waals surface area contributed by atoms with Crippen molar-refractivity contribution in [2.75, 3.05) is 24.5 Å². The summed E-state index contributed by atoms with van der Waals surface area (Å²) in [5, 5.41) is 14.2. The molecule has 1 aromatic rings. The minimum Gasteiger partial charge on any atom is -0.367 e. The number of rotatable bonds is 4. The molecule has 1 aliphatic rings. The SMILES string of the molecule is CCN(c1ccc([N+](=O)[O-])c(I)c1)C1CCNC1. The van der Waals surface area contributed by atoms with Crippen LogP contribution in [0.15, 0.2) is 18.2 Å². The monoisotopic (exact) mass is 361 g/mol. The number of hydrogen-bond acceptors (Lipinski definition) is 4. The van der Waals surface area contributed by atoms with Crippen LogP contribution < -0.4 is 10.2 Å². The van der Waals surface area contributed by atoms with Gasteiger partial charge in [0.1, 0.15) is 0 Å². The van der Waals surface area contributed by atoms with E-state index in [1.807, 2.05) is 34.7 Å². The maximum atomic E-state index is 10.8. The smallest absolute Gasteiger partial charge is 0.282 e. The fourth-order valence-corrected chi connectivity index (χ4v) is 3.08. The van der Waals surface area contributed by atoms with Gasteiger partial charge in [0.05, 0.1) is 8.49 Å². The molecule has 0 spiro atoms. The first-order valence-corrected chi connectivity index (χ1v) is 7.12. The molecule has 98 valence electrons. The third-order valence-electron chi connectivity index (χ3n) is 3.28. The molecule has 5 nitrogen and oxygen atoms in total. The molecule has 2 rings (SSSR count). The zero-order chi connectivity index (χ0) is 13.1. The van der Waals surface area contributed by atoms with Gasteiger partial charge in [-0.25, -0.2) is 0 Å². The largest absolute Gasteiger partial charge is 0.367 e. The summed E-state index contributed by atoms with van der Waals surface area (Å²) < 4.78 is 0.694. The molecule has 1 saturated heterocycles. The lowest BCUT2D eigenvalue weighted by atomic mass is 10.2. The van der Waals surface area contributed by atoms with Gasteiger partial charge in [-0.2, -0.15) is 0 Å². The Hall–Kier alpha value is -0.890. The van der Waals surface area contributed by atoms with Gasteiger partial charge < -0.3 is 10.2 Å². The third-order valence-corrected chi connectivity index (χ3v) is 4.14. The summed E-state index contributed by atoms with van der Waals surface area (Å²) in [5.41, 5.74) is 1.25. The average molecular weight is 361 g/mol. The maximum Gasteiger partial charge on any atom is 0.282 e. The normalized spacial score (nSPS) is 18.9. The highest BCUT2D eigenvalue weighted by atomic mass is 127. The molecule has 0 aliphatic carbocycles. The molecular formula is C12H16IN3O2. The molecule has 1 aliphatic heterocycles. The van der Waals surface area contributed by atoms with E-state index >= 15 is 0 Å². The number of hydrogen-bond donors (Lipinski definition) is 1. The van der Waals surface area contributed by atoms with Gasteiger partial charge >= 0.3 is 0 Å². The quantitative estimate of drug-likeness (QED) is 0.508. The molecule has 0 amide bonds. The summed E-state index contributed by atoms with van der Waals surface area (Å²) in [7, 11) is 0. The molecule has 18 heavy (non-hydrogen) atoms. The first kappa shape index (κ1) is 13.5. The lowest BCUT2D eigenvalue weighted by molar-refractivity contribution is -0.385. The minimum atomic E-state index is -0.334. The molecule has 0 bridgehead atoms. The summed E-state index contributed by atoms with van der Waals surface area (Å²) in [6, 6.07) is 5.84. The average Bonchev–Trinajstić information content (AvgIpc) is 2.83. The van der Waals surface area contributed by atoms with Crippen LogP contribution >= 0.6 is 22.6 Å². The Kier molecular flexibility index (Phi) is 4.39. The number of nitro groups is 1. The number of halogens is 1.